The summed E-state index contributed by atoms with van der Waals surface area (Å²) in [6, 6.07) is 3.88. The fourth-order valence-electron chi connectivity index (χ4n) is 1.24. The molecule has 0 atom stereocenters. The lowest BCUT2D eigenvalue weighted by atomic mass is 10.1. The van der Waals surface area contributed by atoms with E-state index >= 15 is 0 Å². The number of nitrogens with one attached hydrogen (secondary N) is 1. The van der Waals surface area contributed by atoms with Crippen molar-refractivity contribution in [3.05, 3.63) is 23.8 Å². The molecule has 0 heterocycles. The van der Waals surface area contributed by atoms with Crippen molar-refractivity contribution in [2.24, 2.45) is 0 Å². The number of nitrogen functional groups attached to an aromatic ring is 1. The van der Waals surface area contributed by atoms with E-state index in [1.165, 1.54) is 25.3 Å². The molecule has 0 aliphatic carbocycles. The summed E-state index contributed by atoms with van der Waals surface area (Å²) in [7, 11) is -2.29. The maximum Gasteiger partial charge on any atom is 0.337 e. The zero-order chi connectivity index (χ0) is 13.8. The average Bonchev–Trinajstić information content (AvgIpc) is 2.25. The Labute approximate surface area is 105 Å². The molecule has 0 radical (unpaired) electrons. The molecular formula is C10H14N2O5S. The minimum atomic E-state index is -3.66. The van der Waals surface area contributed by atoms with Gasteiger partial charge in [0.05, 0.1) is 23.6 Å². The number of hydrogen-bond donors (Lipinski definition) is 3. The third-order valence-corrected chi connectivity index (χ3v) is 3.33. The van der Waals surface area contributed by atoms with Gasteiger partial charge in [0.1, 0.15) is 0 Å². The lowest BCUT2D eigenvalue weighted by Gasteiger charge is -2.10. The largest absolute Gasteiger partial charge is 0.478 e. The number of nitrogens with two attached hydrogens (primary N) is 1. The Morgan fingerprint density at radius 3 is 2.72 bits per heavy atom. The van der Waals surface area contributed by atoms with E-state index in [1.807, 2.05) is 0 Å². The zero-order valence-corrected chi connectivity index (χ0v) is 10.5. The molecule has 0 saturated carbocycles. The van der Waals surface area contributed by atoms with Crippen LogP contribution in [0.4, 0.5) is 11.4 Å². The average molecular weight is 274 g/mol. The summed E-state index contributed by atoms with van der Waals surface area (Å²) in [5, 5.41) is 8.93. The van der Waals surface area contributed by atoms with Crippen LogP contribution in [-0.2, 0) is 14.8 Å². The molecular weight excluding hydrogens is 260 g/mol. The second kappa shape index (κ2) is 5.69. The van der Waals surface area contributed by atoms with Crippen LogP contribution in [0.25, 0.3) is 0 Å². The Morgan fingerprint density at radius 1 is 1.50 bits per heavy atom. The predicted molar refractivity (Wildman–Crippen MR) is 67.1 cm³/mol. The van der Waals surface area contributed by atoms with Gasteiger partial charge in [-0.1, -0.05) is 0 Å². The number of aromatic carboxylic acids is 1. The van der Waals surface area contributed by atoms with Crippen molar-refractivity contribution in [1.29, 1.82) is 0 Å². The van der Waals surface area contributed by atoms with Crippen LogP contribution in [0.2, 0.25) is 0 Å². The Bertz CT molecular complexity index is 541. The summed E-state index contributed by atoms with van der Waals surface area (Å²) in [5.41, 5.74) is 5.54. The fraction of sp³-hybridized carbons (Fsp3) is 0.300. The first-order valence-corrected chi connectivity index (χ1v) is 6.63. The number of ether oxygens (including phenoxy) is 1. The highest BCUT2D eigenvalue weighted by molar-refractivity contribution is 7.92. The molecule has 0 saturated heterocycles. The number of anilines is 2. The third-order valence-electron chi connectivity index (χ3n) is 2.10. The third kappa shape index (κ3) is 3.90. The highest BCUT2D eigenvalue weighted by Gasteiger charge is 2.16. The van der Waals surface area contributed by atoms with Gasteiger partial charge >= 0.3 is 5.97 Å². The van der Waals surface area contributed by atoms with Crippen LogP contribution in [0, 0.1) is 0 Å². The van der Waals surface area contributed by atoms with Crippen molar-refractivity contribution < 1.29 is 23.1 Å². The number of rotatable bonds is 6. The van der Waals surface area contributed by atoms with Gasteiger partial charge in [0, 0.05) is 12.8 Å². The number of benzene rings is 1. The SMILES string of the molecule is COCCS(=O)(=O)Nc1cc(N)ccc1C(=O)O. The lowest BCUT2D eigenvalue weighted by molar-refractivity contribution is 0.0698. The van der Waals surface area contributed by atoms with E-state index in [2.05, 4.69) is 9.46 Å². The van der Waals surface area contributed by atoms with Gasteiger partial charge in [0.15, 0.2) is 0 Å². The molecule has 100 valence electrons. The van der Waals surface area contributed by atoms with Gasteiger partial charge in [0.25, 0.3) is 0 Å². The van der Waals surface area contributed by atoms with Crippen molar-refractivity contribution >= 4 is 27.4 Å². The van der Waals surface area contributed by atoms with Crippen molar-refractivity contribution in [1.82, 2.24) is 0 Å². The Morgan fingerprint density at radius 2 is 2.17 bits per heavy atom. The van der Waals surface area contributed by atoms with Crippen molar-refractivity contribution in [3.8, 4) is 0 Å². The van der Waals surface area contributed by atoms with E-state index in [0.29, 0.717) is 0 Å². The molecule has 0 aromatic heterocycles. The van der Waals surface area contributed by atoms with E-state index in [1.54, 1.807) is 0 Å². The molecule has 0 aliphatic rings. The molecule has 4 N–H and O–H groups in total. The molecule has 0 amide bonds. The summed E-state index contributed by atoms with van der Waals surface area (Å²) in [4.78, 5) is 10.9. The molecule has 1 rings (SSSR count). The normalized spacial score (nSPS) is 11.2. The summed E-state index contributed by atoms with van der Waals surface area (Å²) >= 11 is 0. The maximum atomic E-state index is 11.6. The Kier molecular flexibility index (Phi) is 4.51. The van der Waals surface area contributed by atoms with Crippen LogP contribution in [0.5, 0.6) is 0 Å². The number of carboxylic acids is 1. The van der Waals surface area contributed by atoms with Gasteiger partial charge in [-0.2, -0.15) is 0 Å². The first-order valence-electron chi connectivity index (χ1n) is 4.98. The van der Waals surface area contributed by atoms with E-state index in [-0.39, 0.29) is 29.3 Å². The standard InChI is InChI=1S/C10H14N2O5S/c1-17-4-5-18(15,16)12-9-6-7(11)2-3-8(9)10(13)14/h2-3,6,12H,4-5,11H2,1H3,(H,13,14). The fourth-order valence-corrected chi connectivity index (χ4v) is 2.24. The van der Waals surface area contributed by atoms with E-state index in [0.717, 1.165) is 0 Å². The second-order valence-electron chi connectivity index (χ2n) is 3.52. The minimum absolute atomic E-state index is 0.0139. The number of carbonyl (C=O) groups is 1. The number of sulfonamides is 1. The molecule has 0 spiro atoms. The van der Waals surface area contributed by atoms with Crippen LogP contribution in [0.15, 0.2) is 18.2 Å². The van der Waals surface area contributed by atoms with E-state index < -0.39 is 16.0 Å². The highest BCUT2D eigenvalue weighted by Crippen LogP contribution is 2.20. The lowest BCUT2D eigenvalue weighted by Crippen LogP contribution is -2.21. The zero-order valence-electron chi connectivity index (χ0n) is 9.71. The van der Waals surface area contributed by atoms with Gasteiger partial charge in [-0.15, -0.1) is 0 Å². The number of carboxylic acid groups (broad SMARTS) is 1. The molecule has 0 unspecified atom stereocenters. The van der Waals surface area contributed by atoms with Crippen LogP contribution < -0.4 is 10.5 Å². The Balaban J connectivity index is 3.02. The second-order valence-corrected chi connectivity index (χ2v) is 5.37. The smallest absolute Gasteiger partial charge is 0.337 e. The molecule has 18 heavy (non-hydrogen) atoms. The van der Waals surface area contributed by atoms with E-state index in [9.17, 15) is 13.2 Å². The minimum Gasteiger partial charge on any atom is -0.478 e. The molecule has 7 nitrogen and oxygen atoms in total. The summed E-state index contributed by atoms with van der Waals surface area (Å²) in [6.07, 6.45) is 0. The van der Waals surface area contributed by atoms with Gasteiger partial charge in [-0.05, 0) is 18.2 Å². The van der Waals surface area contributed by atoms with Gasteiger partial charge in [-0.25, -0.2) is 13.2 Å². The summed E-state index contributed by atoms with van der Waals surface area (Å²) in [5.74, 6) is -1.50. The van der Waals surface area contributed by atoms with Crippen molar-refractivity contribution in [2.45, 2.75) is 0 Å². The molecule has 0 aliphatic heterocycles. The molecule has 1 aromatic carbocycles. The van der Waals surface area contributed by atoms with Crippen molar-refractivity contribution in [2.75, 3.05) is 29.9 Å². The van der Waals surface area contributed by atoms with Crippen LogP contribution >= 0.6 is 0 Å². The summed E-state index contributed by atoms with van der Waals surface area (Å²) in [6.45, 7) is 0.0139. The van der Waals surface area contributed by atoms with Crippen LogP contribution in [-0.4, -0.2) is 39.0 Å². The van der Waals surface area contributed by atoms with Gasteiger partial charge < -0.3 is 15.6 Å². The quantitative estimate of drug-likeness (QED) is 0.644. The molecule has 8 heteroatoms. The predicted octanol–water partition coefficient (Wildman–Crippen LogP) is 0.355. The maximum absolute atomic E-state index is 11.6. The Hall–Kier alpha value is -1.80. The monoisotopic (exact) mass is 274 g/mol. The molecule has 1 aromatic rings. The van der Waals surface area contributed by atoms with Gasteiger partial charge in [-0.3, -0.25) is 4.72 Å². The van der Waals surface area contributed by atoms with Crippen molar-refractivity contribution in [3.63, 3.8) is 0 Å². The first-order chi connectivity index (χ1) is 8.35. The highest BCUT2D eigenvalue weighted by atomic mass is 32.2. The number of hydrogen-bond acceptors (Lipinski definition) is 5. The number of methoxy groups -OCH3 is 1. The molecule has 0 fully saturated rings. The summed E-state index contributed by atoms with van der Waals surface area (Å²) < 4.78 is 30.1. The van der Waals surface area contributed by atoms with Crippen LogP contribution in [0.1, 0.15) is 10.4 Å². The first kappa shape index (κ1) is 14.3. The van der Waals surface area contributed by atoms with Crippen LogP contribution in [0.3, 0.4) is 0 Å². The van der Waals surface area contributed by atoms with E-state index in [4.69, 9.17) is 10.8 Å². The van der Waals surface area contributed by atoms with Gasteiger partial charge in [0.2, 0.25) is 10.0 Å². The molecule has 0 bridgehead atoms. The topological polar surface area (TPSA) is 119 Å².